The van der Waals surface area contributed by atoms with Gasteiger partial charge in [-0.15, -0.1) is 0 Å². The van der Waals surface area contributed by atoms with Crippen LogP contribution in [0.1, 0.15) is 104 Å². The van der Waals surface area contributed by atoms with Crippen molar-refractivity contribution in [3.05, 3.63) is 0 Å². The van der Waals surface area contributed by atoms with E-state index in [1.807, 2.05) is 0 Å². The van der Waals surface area contributed by atoms with Crippen molar-refractivity contribution in [2.24, 2.45) is 11.8 Å². The molecule has 0 aliphatic rings. The highest BCUT2D eigenvalue weighted by molar-refractivity contribution is 5.66. The number of carboxylic acids is 1. The predicted molar refractivity (Wildman–Crippen MR) is 91.7 cm³/mol. The van der Waals surface area contributed by atoms with Crippen LogP contribution < -0.4 is 0 Å². The van der Waals surface area contributed by atoms with Gasteiger partial charge in [-0.25, -0.2) is 0 Å². The zero-order valence-electron chi connectivity index (χ0n) is 14.7. The first-order chi connectivity index (χ1) is 10.0. The monoisotopic (exact) mass is 298 g/mol. The van der Waals surface area contributed by atoms with Crippen molar-refractivity contribution in [3.8, 4) is 0 Å². The lowest BCUT2D eigenvalue weighted by Gasteiger charge is -2.11. The summed E-state index contributed by atoms with van der Waals surface area (Å²) in [5.74, 6) is 1.09. The van der Waals surface area contributed by atoms with E-state index in [4.69, 9.17) is 5.11 Å². The molecule has 0 amide bonds. The van der Waals surface area contributed by atoms with Gasteiger partial charge in [-0.1, -0.05) is 91.4 Å². The van der Waals surface area contributed by atoms with Crippen LogP contribution in [0, 0.1) is 11.8 Å². The van der Waals surface area contributed by atoms with Gasteiger partial charge in [-0.3, -0.25) is 4.79 Å². The molecule has 1 unspecified atom stereocenters. The number of rotatable bonds is 15. The van der Waals surface area contributed by atoms with Gasteiger partial charge in [-0.05, 0) is 18.3 Å². The van der Waals surface area contributed by atoms with Crippen LogP contribution in [0.4, 0.5) is 0 Å². The summed E-state index contributed by atoms with van der Waals surface area (Å²) in [5.41, 5.74) is 0. The molecule has 0 radical (unpaired) electrons. The number of hydrogen-bond acceptors (Lipinski definition) is 1. The van der Waals surface area contributed by atoms with Gasteiger partial charge in [0.15, 0.2) is 0 Å². The van der Waals surface area contributed by atoms with Gasteiger partial charge in [0.05, 0.1) is 0 Å². The molecular weight excluding hydrogens is 260 g/mol. The zero-order valence-corrected chi connectivity index (χ0v) is 14.7. The highest BCUT2D eigenvalue weighted by Crippen LogP contribution is 2.18. The highest BCUT2D eigenvalue weighted by atomic mass is 16.4. The minimum atomic E-state index is -0.655. The van der Waals surface area contributed by atoms with Crippen molar-refractivity contribution in [1.82, 2.24) is 0 Å². The topological polar surface area (TPSA) is 37.3 Å². The minimum absolute atomic E-state index is 0.341. The molecular formula is C19H38O2. The van der Waals surface area contributed by atoms with Crippen molar-refractivity contribution < 1.29 is 9.90 Å². The van der Waals surface area contributed by atoms with Gasteiger partial charge in [0, 0.05) is 6.42 Å². The number of unbranched alkanes of at least 4 members (excludes halogenated alkanes) is 7. The summed E-state index contributed by atoms with van der Waals surface area (Å²) in [6.07, 6.45) is 15.8. The van der Waals surface area contributed by atoms with Crippen LogP contribution in [-0.4, -0.2) is 11.1 Å². The highest BCUT2D eigenvalue weighted by Gasteiger charge is 2.03. The summed E-state index contributed by atoms with van der Waals surface area (Å²) in [6, 6.07) is 0. The Morgan fingerprint density at radius 1 is 0.714 bits per heavy atom. The quantitative estimate of drug-likeness (QED) is 0.353. The first-order valence-electron chi connectivity index (χ1n) is 9.24. The summed E-state index contributed by atoms with van der Waals surface area (Å²) < 4.78 is 0. The Morgan fingerprint density at radius 2 is 1.14 bits per heavy atom. The molecule has 0 aliphatic heterocycles. The van der Waals surface area contributed by atoms with Crippen LogP contribution >= 0.6 is 0 Å². The predicted octanol–water partition coefficient (Wildman–Crippen LogP) is 6.43. The van der Waals surface area contributed by atoms with Gasteiger partial charge in [0.25, 0.3) is 0 Å². The molecule has 1 atom stereocenters. The van der Waals surface area contributed by atoms with E-state index in [0.29, 0.717) is 6.42 Å². The average molecular weight is 299 g/mol. The van der Waals surface area contributed by atoms with Crippen molar-refractivity contribution in [2.45, 2.75) is 104 Å². The van der Waals surface area contributed by atoms with E-state index in [0.717, 1.165) is 24.7 Å². The number of hydrogen-bond donors (Lipinski definition) is 1. The molecule has 0 aromatic heterocycles. The van der Waals surface area contributed by atoms with Crippen molar-refractivity contribution in [1.29, 1.82) is 0 Å². The Balaban J connectivity index is 3.19. The minimum Gasteiger partial charge on any atom is -0.481 e. The van der Waals surface area contributed by atoms with E-state index in [9.17, 15) is 4.79 Å². The number of carbonyl (C=O) groups is 1. The molecule has 126 valence electrons. The standard InChI is InChI=1S/C19H38O2/c1-17(2)13-9-8-11-15-18(3)14-10-6-4-5-7-12-16-19(20)21/h17-18H,4-16H2,1-3H3,(H,20,21). The van der Waals surface area contributed by atoms with Crippen molar-refractivity contribution in [2.75, 3.05) is 0 Å². The van der Waals surface area contributed by atoms with Gasteiger partial charge >= 0.3 is 5.97 Å². The molecule has 0 aromatic rings. The van der Waals surface area contributed by atoms with Crippen LogP contribution in [0.25, 0.3) is 0 Å². The maximum Gasteiger partial charge on any atom is 0.303 e. The Kier molecular flexibility index (Phi) is 14.0. The zero-order chi connectivity index (χ0) is 15.9. The van der Waals surface area contributed by atoms with Gasteiger partial charge in [-0.2, -0.15) is 0 Å². The van der Waals surface area contributed by atoms with E-state index in [-0.39, 0.29) is 0 Å². The van der Waals surface area contributed by atoms with E-state index in [1.54, 1.807) is 0 Å². The van der Waals surface area contributed by atoms with Crippen molar-refractivity contribution in [3.63, 3.8) is 0 Å². The molecule has 0 rings (SSSR count). The fourth-order valence-corrected chi connectivity index (χ4v) is 2.84. The molecule has 0 aromatic carbocycles. The Morgan fingerprint density at radius 3 is 1.67 bits per heavy atom. The summed E-state index contributed by atoms with van der Waals surface area (Å²) in [7, 11) is 0. The summed E-state index contributed by atoms with van der Waals surface area (Å²) >= 11 is 0. The van der Waals surface area contributed by atoms with Crippen molar-refractivity contribution >= 4 is 5.97 Å². The Labute approximate surface area is 132 Å². The lowest BCUT2D eigenvalue weighted by Crippen LogP contribution is -1.96. The third kappa shape index (κ3) is 17.4. The van der Waals surface area contributed by atoms with Gasteiger partial charge in [0.1, 0.15) is 0 Å². The van der Waals surface area contributed by atoms with Crippen LogP contribution in [0.15, 0.2) is 0 Å². The van der Waals surface area contributed by atoms with Gasteiger partial charge < -0.3 is 5.11 Å². The van der Waals surface area contributed by atoms with E-state index in [1.165, 1.54) is 64.2 Å². The Bertz CT molecular complexity index is 236. The first-order valence-corrected chi connectivity index (χ1v) is 9.24. The lowest BCUT2D eigenvalue weighted by atomic mass is 9.95. The van der Waals surface area contributed by atoms with Crippen LogP contribution in [0.5, 0.6) is 0 Å². The summed E-state index contributed by atoms with van der Waals surface area (Å²) in [6.45, 7) is 7.02. The van der Waals surface area contributed by atoms with Crippen LogP contribution in [0.3, 0.4) is 0 Å². The number of aliphatic carboxylic acids is 1. The second kappa shape index (κ2) is 14.4. The molecule has 21 heavy (non-hydrogen) atoms. The molecule has 0 fully saturated rings. The molecule has 2 nitrogen and oxygen atoms in total. The molecule has 2 heteroatoms. The van der Waals surface area contributed by atoms with Crippen LogP contribution in [0.2, 0.25) is 0 Å². The first kappa shape index (κ1) is 20.5. The molecule has 0 heterocycles. The maximum absolute atomic E-state index is 10.4. The largest absolute Gasteiger partial charge is 0.481 e. The Hall–Kier alpha value is -0.530. The fourth-order valence-electron chi connectivity index (χ4n) is 2.84. The van der Waals surface area contributed by atoms with E-state index in [2.05, 4.69) is 20.8 Å². The second-order valence-electron chi connectivity index (χ2n) is 7.19. The fraction of sp³-hybridized carbons (Fsp3) is 0.947. The lowest BCUT2D eigenvalue weighted by molar-refractivity contribution is -0.137. The molecule has 0 spiro atoms. The summed E-state index contributed by atoms with van der Waals surface area (Å²) in [4.78, 5) is 10.4. The molecule has 0 saturated heterocycles. The normalized spacial score (nSPS) is 12.8. The smallest absolute Gasteiger partial charge is 0.303 e. The van der Waals surface area contributed by atoms with Gasteiger partial charge in [0.2, 0.25) is 0 Å². The van der Waals surface area contributed by atoms with Crippen LogP contribution in [-0.2, 0) is 4.79 Å². The molecule has 0 bridgehead atoms. The maximum atomic E-state index is 10.4. The third-order valence-corrected chi connectivity index (χ3v) is 4.32. The average Bonchev–Trinajstić information content (AvgIpc) is 2.40. The molecule has 0 aliphatic carbocycles. The third-order valence-electron chi connectivity index (χ3n) is 4.32. The van der Waals surface area contributed by atoms with E-state index >= 15 is 0 Å². The van der Waals surface area contributed by atoms with E-state index < -0.39 is 5.97 Å². The second-order valence-corrected chi connectivity index (χ2v) is 7.19. The number of carboxylic acid groups (broad SMARTS) is 1. The summed E-state index contributed by atoms with van der Waals surface area (Å²) in [5, 5.41) is 8.55. The SMILES string of the molecule is CC(C)CCCCCC(C)CCCCCCCCC(=O)O. The molecule has 0 saturated carbocycles. The molecule has 1 N–H and O–H groups in total.